The summed E-state index contributed by atoms with van der Waals surface area (Å²) in [4.78, 5) is 17.9. The standard InChI is InChI=1S/C16H26N2OS/c1-6-9-17(11-15-8-7-10-20-15)12-16(19)18(13(2)3)14(4)5/h6-8,10,13-14H,1,9,11-12H2,2-5H3. The highest BCUT2D eigenvalue weighted by molar-refractivity contribution is 7.09. The van der Waals surface area contributed by atoms with Gasteiger partial charge in [-0.15, -0.1) is 17.9 Å². The van der Waals surface area contributed by atoms with Crippen LogP contribution in [0.5, 0.6) is 0 Å². The van der Waals surface area contributed by atoms with E-state index in [0.29, 0.717) is 6.54 Å². The van der Waals surface area contributed by atoms with Gasteiger partial charge in [0.2, 0.25) is 5.91 Å². The van der Waals surface area contributed by atoms with Crippen LogP contribution in [0.4, 0.5) is 0 Å². The number of rotatable bonds is 8. The predicted molar refractivity (Wildman–Crippen MR) is 86.9 cm³/mol. The van der Waals surface area contributed by atoms with Crippen LogP contribution in [-0.4, -0.2) is 40.9 Å². The lowest BCUT2D eigenvalue weighted by Crippen LogP contribution is -2.47. The van der Waals surface area contributed by atoms with E-state index >= 15 is 0 Å². The molecule has 0 fully saturated rings. The van der Waals surface area contributed by atoms with Crippen LogP contribution in [0.1, 0.15) is 32.6 Å². The number of thiophene rings is 1. The zero-order valence-corrected chi connectivity index (χ0v) is 13.8. The monoisotopic (exact) mass is 294 g/mol. The van der Waals surface area contributed by atoms with Crippen LogP contribution in [0.3, 0.4) is 0 Å². The molecule has 0 aliphatic heterocycles. The van der Waals surface area contributed by atoms with E-state index in [-0.39, 0.29) is 18.0 Å². The Morgan fingerprint density at radius 1 is 1.35 bits per heavy atom. The van der Waals surface area contributed by atoms with Gasteiger partial charge in [0.1, 0.15) is 0 Å². The minimum atomic E-state index is 0.188. The number of amides is 1. The molecule has 0 radical (unpaired) electrons. The first-order valence-electron chi connectivity index (χ1n) is 7.12. The van der Waals surface area contributed by atoms with Crippen molar-refractivity contribution in [3.63, 3.8) is 0 Å². The molecule has 1 aromatic heterocycles. The molecule has 0 unspecified atom stereocenters. The van der Waals surface area contributed by atoms with Gasteiger partial charge in [-0.25, -0.2) is 0 Å². The molecule has 0 atom stereocenters. The molecule has 0 aromatic carbocycles. The summed E-state index contributed by atoms with van der Waals surface area (Å²) in [5.74, 6) is 0.188. The van der Waals surface area contributed by atoms with E-state index in [2.05, 4.69) is 50.6 Å². The van der Waals surface area contributed by atoms with Gasteiger partial charge in [0.05, 0.1) is 6.54 Å². The summed E-state index contributed by atoms with van der Waals surface area (Å²) >= 11 is 1.72. The topological polar surface area (TPSA) is 23.6 Å². The molecule has 3 nitrogen and oxygen atoms in total. The van der Waals surface area contributed by atoms with Crippen molar-refractivity contribution >= 4 is 17.2 Å². The van der Waals surface area contributed by atoms with Crippen LogP contribution in [-0.2, 0) is 11.3 Å². The highest BCUT2D eigenvalue weighted by atomic mass is 32.1. The molecule has 1 heterocycles. The summed E-state index contributed by atoms with van der Waals surface area (Å²) in [5, 5.41) is 2.07. The van der Waals surface area contributed by atoms with Gasteiger partial charge >= 0.3 is 0 Å². The van der Waals surface area contributed by atoms with Gasteiger partial charge in [0.15, 0.2) is 0 Å². The van der Waals surface area contributed by atoms with E-state index < -0.39 is 0 Å². The summed E-state index contributed by atoms with van der Waals surface area (Å²) < 4.78 is 0. The van der Waals surface area contributed by atoms with Crippen molar-refractivity contribution in [1.82, 2.24) is 9.80 Å². The Labute approximate surface area is 126 Å². The van der Waals surface area contributed by atoms with E-state index in [4.69, 9.17) is 0 Å². The second kappa shape index (κ2) is 8.22. The van der Waals surface area contributed by atoms with Gasteiger partial charge in [-0.3, -0.25) is 9.69 Å². The van der Waals surface area contributed by atoms with Crippen molar-refractivity contribution in [3.05, 3.63) is 35.0 Å². The van der Waals surface area contributed by atoms with Gasteiger partial charge < -0.3 is 4.90 Å². The summed E-state index contributed by atoms with van der Waals surface area (Å²) in [6.07, 6.45) is 1.86. The lowest BCUT2D eigenvalue weighted by atomic mass is 10.2. The average Bonchev–Trinajstić information content (AvgIpc) is 2.80. The Hall–Kier alpha value is -1.13. The third kappa shape index (κ3) is 5.10. The van der Waals surface area contributed by atoms with E-state index in [0.717, 1.165) is 13.1 Å². The molecule has 112 valence electrons. The van der Waals surface area contributed by atoms with Crippen molar-refractivity contribution in [2.24, 2.45) is 0 Å². The first kappa shape index (κ1) is 16.9. The second-order valence-corrected chi connectivity index (χ2v) is 6.56. The van der Waals surface area contributed by atoms with Crippen LogP contribution in [0.2, 0.25) is 0 Å². The highest BCUT2D eigenvalue weighted by Gasteiger charge is 2.22. The number of carbonyl (C=O) groups is 1. The third-order valence-electron chi connectivity index (χ3n) is 3.11. The Bertz CT molecular complexity index is 404. The van der Waals surface area contributed by atoms with E-state index in [1.165, 1.54) is 4.88 Å². The largest absolute Gasteiger partial charge is 0.337 e. The Kier molecular flexibility index (Phi) is 6.96. The molecule has 0 saturated heterocycles. The molecule has 0 spiro atoms. The van der Waals surface area contributed by atoms with E-state index in [1.807, 2.05) is 17.0 Å². The van der Waals surface area contributed by atoms with Gasteiger partial charge in [-0.2, -0.15) is 0 Å². The van der Waals surface area contributed by atoms with Crippen LogP contribution in [0, 0.1) is 0 Å². The highest BCUT2D eigenvalue weighted by Crippen LogP contribution is 2.13. The predicted octanol–water partition coefficient (Wildman–Crippen LogP) is 3.38. The molecule has 0 saturated carbocycles. The van der Waals surface area contributed by atoms with Crippen molar-refractivity contribution in [1.29, 1.82) is 0 Å². The Morgan fingerprint density at radius 3 is 2.45 bits per heavy atom. The van der Waals surface area contributed by atoms with Gasteiger partial charge in [0, 0.05) is 30.1 Å². The van der Waals surface area contributed by atoms with Crippen molar-refractivity contribution in [2.75, 3.05) is 13.1 Å². The fourth-order valence-corrected chi connectivity index (χ4v) is 3.18. The molecule has 0 aliphatic rings. The summed E-state index contributed by atoms with van der Waals surface area (Å²) in [6.45, 7) is 14.0. The first-order chi connectivity index (χ1) is 9.45. The molecule has 1 amide bonds. The maximum atomic E-state index is 12.5. The molecule has 1 rings (SSSR count). The minimum absolute atomic E-state index is 0.188. The van der Waals surface area contributed by atoms with E-state index in [1.54, 1.807) is 11.3 Å². The van der Waals surface area contributed by atoms with Crippen LogP contribution < -0.4 is 0 Å². The summed E-state index contributed by atoms with van der Waals surface area (Å²) in [6, 6.07) is 4.61. The van der Waals surface area contributed by atoms with Crippen molar-refractivity contribution < 1.29 is 4.79 Å². The van der Waals surface area contributed by atoms with Crippen molar-refractivity contribution in [2.45, 2.75) is 46.3 Å². The lowest BCUT2D eigenvalue weighted by Gasteiger charge is -2.33. The van der Waals surface area contributed by atoms with Crippen LogP contribution >= 0.6 is 11.3 Å². The van der Waals surface area contributed by atoms with Crippen molar-refractivity contribution in [3.8, 4) is 0 Å². The molecule has 0 bridgehead atoms. The summed E-state index contributed by atoms with van der Waals surface area (Å²) in [5.41, 5.74) is 0. The lowest BCUT2D eigenvalue weighted by molar-refractivity contribution is -0.136. The normalized spacial score (nSPS) is 11.3. The average molecular weight is 294 g/mol. The van der Waals surface area contributed by atoms with E-state index in [9.17, 15) is 4.79 Å². The molecule has 1 aromatic rings. The zero-order chi connectivity index (χ0) is 15.1. The minimum Gasteiger partial charge on any atom is -0.337 e. The summed E-state index contributed by atoms with van der Waals surface area (Å²) in [7, 11) is 0. The number of carbonyl (C=O) groups excluding carboxylic acids is 1. The Morgan fingerprint density at radius 2 is 2.00 bits per heavy atom. The maximum absolute atomic E-state index is 12.5. The number of hydrogen-bond donors (Lipinski definition) is 0. The van der Waals surface area contributed by atoms with Crippen LogP contribution in [0.15, 0.2) is 30.2 Å². The SMILES string of the molecule is C=CCN(CC(=O)N(C(C)C)C(C)C)Cc1cccs1. The zero-order valence-electron chi connectivity index (χ0n) is 13.0. The van der Waals surface area contributed by atoms with Crippen LogP contribution in [0.25, 0.3) is 0 Å². The number of hydrogen-bond acceptors (Lipinski definition) is 3. The smallest absolute Gasteiger partial charge is 0.237 e. The molecule has 20 heavy (non-hydrogen) atoms. The Balaban J connectivity index is 2.68. The maximum Gasteiger partial charge on any atom is 0.237 e. The first-order valence-corrected chi connectivity index (χ1v) is 8.00. The molecule has 0 aliphatic carbocycles. The quantitative estimate of drug-likeness (QED) is 0.686. The molecular formula is C16H26N2OS. The van der Waals surface area contributed by atoms with Gasteiger partial charge in [-0.05, 0) is 39.1 Å². The fraction of sp³-hybridized carbons (Fsp3) is 0.562. The fourth-order valence-electron chi connectivity index (χ4n) is 2.44. The second-order valence-electron chi connectivity index (χ2n) is 5.53. The molecule has 4 heteroatoms. The molecular weight excluding hydrogens is 268 g/mol. The van der Waals surface area contributed by atoms with Gasteiger partial charge in [-0.1, -0.05) is 12.1 Å². The third-order valence-corrected chi connectivity index (χ3v) is 3.97. The van der Waals surface area contributed by atoms with Gasteiger partial charge in [0.25, 0.3) is 0 Å². The number of nitrogens with zero attached hydrogens (tertiary/aromatic N) is 2. The molecule has 0 N–H and O–H groups in total.